The van der Waals surface area contributed by atoms with Crippen molar-refractivity contribution in [1.82, 2.24) is 9.55 Å². The second kappa shape index (κ2) is 8.47. The highest BCUT2D eigenvalue weighted by Crippen LogP contribution is 2.33. The van der Waals surface area contributed by atoms with E-state index in [1.54, 1.807) is 24.3 Å². The van der Waals surface area contributed by atoms with Crippen molar-refractivity contribution in [2.75, 3.05) is 0 Å². The van der Waals surface area contributed by atoms with Crippen LogP contribution in [0.2, 0.25) is 0 Å². The van der Waals surface area contributed by atoms with E-state index >= 15 is 0 Å². The highest BCUT2D eigenvalue weighted by atomic mass is 32.1. The van der Waals surface area contributed by atoms with Gasteiger partial charge in [-0.25, -0.2) is 9.78 Å². The predicted octanol–water partition coefficient (Wildman–Crippen LogP) is 3.59. The van der Waals surface area contributed by atoms with Crippen molar-refractivity contribution in [3.05, 3.63) is 66.9 Å². The number of ether oxygens (including phenoxy) is 1. The molecule has 0 radical (unpaired) electrons. The first-order valence-electron chi connectivity index (χ1n) is 10.8. The second-order valence-electron chi connectivity index (χ2n) is 8.22. The van der Waals surface area contributed by atoms with Gasteiger partial charge in [0.1, 0.15) is 22.8 Å². The van der Waals surface area contributed by atoms with E-state index in [2.05, 4.69) is 4.98 Å². The van der Waals surface area contributed by atoms with E-state index in [-0.39, 0.29) is 36.5 Å². The molecule has 3 aromatic heterocycles. The van der Waals surface area contributed by atoms with Gasteiger partial charge in [0.25, 0.3) is 5.56 Å². The molecular formula is C24H22N2O6S. The highest BCUT2D eigenvalue weighted by Gasteiger charge is 2.20. The molecule has 0 aliphatic heterocycles. The standard InChI is InChI=1S/C24H22N2O6S/c1-13-17(27)7-6-15-14(10-20(29)32-22(13)15)11-31-19(28)8-9-26-12-25-23-21(24(26)30)16-4-2-3-5-18(16)33-23/h6-7,10,12,27H,2-5,8-9,11H2,1H3. The molecule has 3 heterocycles. The number of hydrogen-bond donors (Lipinski definition) is 1. The summed E-state index contributed by atoms with van der Waals surface area (Å²) in [5, 5.41) is 11.1. The third-order valence-corrected chi connectivity index (χ3v) is 7.31. The topological polar surface area (TPSA) is 112 Å². The lowest BCUT2D eigenvalue weighted by atomic mass is 9.97. The number of hydrogen-bond acceptors (Lipinski definition) is 8. The van der Waals surface area contributed by atoms with Crippen molar-refractivity contribution >= 4 is 38.5 Å². The zero-order valence-corrected chi connectivity index (χ0v) is 18.9. The van der Waals surface area contributed by atoms with Gasteiger partial charge in [-0.05, 0) is 50.3 Å². The lowest BCUT2D eigenvalue weighted by Crippen LogP contribution is -2.23. The monoisotopic (exact) mass is 466 g/mol. The summed E-state index contributed by atoms with van der Waals surface area (Å²) in [4.78, 5) is 43.8. The number of benzene rings is 1. The van der Waals surface area contributed by atoms with Crippen LogP contribution in [0.1, 0.15) is 40.8 Å². The molecule has 1 aromatic carbocycles. The van der Waals surface area contributed by atoms with Crippen LogP contribution in [0.15, 0.2) is 38.5 Å². The number of esters is 1. The molecule has 1 N–H and O–H groups in total. The van der Waals surface area contributed by atoms with E-state index in [1.165, 1.54) is 27.9 Å². The average Bonchev–Trinajstić information content (AvgIpc) is 3.19. The van der Waals surface area contributed by atoms with Crippen LogP contribution in [0, 0.1) is 6.92 Å². The molecular weight excluding hydrogens is 444 g/mol. The van der Waals surface area contributed by atoms with Crippen molar-refractivity contribution in [1.29, 1.82) is 0 Å². The number of phenols is 1. The van der Waals surface area contributed by atoms with Crippen LogP contribution in [0.25, 0.3) is 21.2 Å². The number of aromatic hydroxyl groups is 1. The number of nitrogens with zero attached hydrogens (tertiary/aromatic N) is 2. The maximum atomic E-state index is 13.0. The third-order valence-electron chi connectivity index (χ3n) is 6.11. The Morgan fingerprint density at radius 3 is 2.94 bits per heavy atom. The van der Waals surface area contributed by atoms with Gasteiger partial charge in [-0.15, -0.1) is 11.3 Å². The Morgan fingerprint density at radius 2 is 2.09 bits per heavy atom. The number of aryl methyl sites for hydroxylation is 4. The Balaban J connectivity index is 1.31. The molecule has 33 heavy (non-hydrogen) atoms. The molecule has 170 valence electrons. The quantitative estimate of drug-likeness (QED) is 0.353. The van der Waals surface area contributed by atoms with Gasteiger partial charge < -0.3 is 14.3 Å². The van der Waals surface area contributed by atoms with Gasteiger partial charge in [0.15, 0.2) is 0 Å². The summed E-state index contributed by atoms with van der Waals surface area (Å²) in [5.41, 5.74) is 1.60. The number of carbonyl (C=O) groups is 1. The molecule has 1 aliphatic carbocycles. The lowest BCUT2D eigenvalue weighted by molar-refractivity contribution is -0.145. The van der Waals surface area contributed by atoms with Crippen molar-refractivity contribution in [2.45, 2.75) is 52.2 Å². The van der Waals surface area contributed by atoms with Crippen LogP contribution in [0.4, 0.5) is 0 Å². The molecule has 0 unspecified atom stereocenters. The van der Waals surface area contributed by atoms with Gasteiger partial charge in [-0.2, -0.15) is 0 Å². The Morgan fingerprint density at radius 1 is 1.27 bits per heavy atom. The fourth-order valence-electron chi connectivity index (χ4n) is 4.32. The molecule has 4 aromatic rings. The molecule has 5 rings (SSSR count). The molecule has 8 nitrogen and oxygen atoms in total. The largest absolute Gasteiger partial charge is 0.508 e. The van der Waals surface area contributed by atoms with Crippen LogP contribution in [0.5, 0.6) is 5.75 Å². The summed E-state index contributed by atoms with van der Waals surface area (Å²) in [7, 11) is 0. The summed E-state index contributed by atoms with van der Waals surface area (Å²) in [6.07, 6.45) is 5.59. The van der Waals surface area contributed by atoms with E-state index < -0.39 is 11.6 Å². The van der Waals surface area contributed by atoms with Crippen LogP contribution in [0.3, 0.4) is 0 Å². The fourth-order valence-corrected chi connectivity index (χ4v) is 5.54. The van der Waals surface area contributed by atoms with Crippen LogP contribution in [-0.2, 0) is 35.5 Å². The molecule has 0 spiro atoms. The first-order chi connectivity index (χ1) is 15.9. The molecule has 0 amide bonds. The average molecular weight is 467 g/mol. The predicted molar refractivity (Wildman–Crippen MR) is 124 cm³/mol. The number of rotatable bonds is 5. The van der Waals surface area contributed by atoms with Crippen molar-refractivity contribution < 1.29 is 19.1 Å². The van der Waals surface area contributed by atoms with Gasteiger partial charge >= 0.3 is 11.6 Å². The van der Waals surface area contributed by atoms with Gasteiger partial charge in [0.05, 0.1) is 18.1 Å². The fraction of sp³-hybridized carbons (Fsp3) is 0.333. The Bertz CT molecular complexity index is 1510. The molecule has 0 fully saturated rings. The Hall–Kier alpha value is -3.46. The van der Waals surface area contributed by atoms with E-state index in [9.17, 15) is 19.5 Å². The van der Waals surface area contributed by atoms with Gasteiger partial charge in [0.2, 0.25) is 0 Å². The minimum atomic E-state index is -0.590. The van der Waals surface area contributed by atoms with Crippen molar-refractivity contribution in [2.24, 2.45) is 0 Å². The molecule has 9 heteroatoms. The molecule has 0 saturated heterocycles. The molecule has 0 saturated carbocycles. The highest BCUT2D eigenvalue weighted by molar-refractivity contribution is 7.18. The normalized spacial score (nSPS) is 13.4. The SMILES string of the molecule is Cc1c(O)ccc2c(COC(=O)CCn3cnc4sc5c(c4c3=O)CCCC5)cc(=O)oc12. The maximum Gasteiger partial charge on any atom is 0.336 e. The van der Waals surface area contributed by atoms with Gasteiger partial charge in [-0.3, -0.25) is 14.2 Å². The third kappa shape index (κ3) is 3.93. The van der Waals surface area contributed by atoms with Crippen molar-refractivity contribution in [3.8, 4) is 5.75 Å². The van der Waals surface area contributed by atoms with Crippen LogP contribution < -0.4 is 11.2 Å². The number of fused-ring (bicyclic) bond motifs is 4. The summed E-state index contributed by atoms with van der Waals surface area (Å²) in [6.45, 7) is 1.69. The molecule has 0 atom stereocenters. The molecule has 0 bridgehead atoms. The van der Waals surface area contributed by atoms with Crippen LogP contribution >= 0.6 is 11.3 Å². The first kappa shape index (κ1) is 21.4. The zero-order chi connectivity index (χ0) is 23.1. The van der Waals surface area contributed by atoms with Crippen molar-refractivity contribution in [3.63, 3.8) is 0 Å². The summed E-state index contributed by atoms with van der Waals surface area (Å²) in [5.74, 6) is -0.478. The second-order valence-corrected chi connectivity index (χ2v) is 9.31. The number of thiophene rings is 1. The van der Waals surface area contributed by atoms with Gasteiger partial charge in [-0.1, -0.05) is 0 Å². The number of aromatic nitrogens is 2. The van der Waals surface area contributed by atoms with E-state index in [4.69, 9.17) is 9.15 Å². The Kier molecular flexibility index (Phi) is 5.49. The van der Waals surface area contributed by atoms with E-state index in [0.29, 0.717) is 21.9 Å². The zero-order valence-electron chi connectivity index (χ0n) is 18.1. The smallest absolute Gasteiger partial charge is 0.336 e. The van der Waals surface area contributed by atoms with Gasteiger partial charge in [0, 0.05) is 34.0 Å². The summed E-state index contributed by atoms with van der Waals surface area (Å²) >= 11 is 1.59. The Labute approximate surface area is 192 Å². The summed E-state index contributed by atoms with van der Waals surface area (Å²) in [6, 6.07) is 4.39. The van der Waals surface area contributed by atoms with E-state index in [0.717, 1.165) is 36.1 Å². The molecule has 1 aliphatic rings. The number of carbonyl (C=O) groups excluding carboxylic acids is 1. The minimum absolute atomic E-state index is 0.00138. The maximum absolute atomic E-state index is 13.0. The first-order valence-corrected chi connectivity index (χ1v) is 11.6. The lowest BCUT2D eigenvalue weighted by Gasteiger charge is -2.11. The number of phenolic OH excluding ortho intramolecular Hbond substituents is 1. The summed E-state index contributed by atoms with van der Waals surface area (Å²) < 4.78 is 12.0. The minimum Gasteiger partial charge on any atom is -0.508 e. The van der Waals surface area contributed by atoms with E-state index in [1.807, 2.05) is 0 Å². The van der Waals surface area contributed by atoms with Crippen LogP contribution in [-0.4, -0.2) is 20.6 Å².